The Hall–Kier alpha value is -4.13. The zero-order valence-electron chi connectivity index (χ0n) is 17.7. The van der Waals surface area contributed by atoms with Gasteiger partial charge in [-0.1, -0.05) is 36.1 Å². The summed E-state index contributed by atoms with van der Waals surface area (Å²) in [5.74, 6) is -1.03. The molecule has 0 radical (unpaired) electrons. The van der Waals surface area contributed by atoms with E-state index in [1.807, 2.05) is 6.07 Å². The summed E-state index contributed by atoms with van der Waals surface area (Å²) < 4.78 is 10.8. The van der Waals surface area contributed by atoms with Crippen LogP contribution < -0.4 is 19.6 Å². The summed E-state index contributed by atoms with van der Waals surface area (Å²) in [7, 11) is 3.03. The van der Waals surface area contributed by atoms with Crippen LogP contribution in [0.15, 0.2) is 78.6 Å². The quantitative estimate of drug-likeness (QED) is 0.339. The first kappa shape index (κ1) is 21.1. The van der Waals surface area contributed by atoms with Gasteiger partial charge in [-0.3, -0.25) is 9.59 Å². The highest BCUT2D eigenvalue weighted by Crippen LogP contribution is 2.43. The number of carbonyl (C=O) groups is 2. The summed E-state index contributed by atoms with van der Waals surface area (Å²) in [6, 6.07) is 16.3. The van der Waals surface area contributed by atoms with Crippen molar-refractivity contribution in [2.45, 2.75) is 12.6 Å². The van der Waals surface area contributed by atoms with Gasteiger partial charge >= 0.3 is 0 Å². The molecule has 0 spiro atoms. The third-order valence-corrected chi connectivity index (χ3v) is 5.43. The van der Waals surface area contributed by atoms with Crippen LogP contribution in [0.25, 0.3) is 5.76 Å². The fourth-order valence-corrected chi connectivity index (χ4v) is 3.87. The van der Waals surface area contributed by atoms with Crippen molar-refractivity contribution in [2.75, 3.05) is 14.2 Å². The van der Waals surface area contributed by atoms with Gasteiger partial charge in [0.05, 0.1) is 26.8 Å². The van der Waals surface area contributed by atoms with Crippen molar-refractivity contribution in [1.29, 1.82) is 0 Å². The minimum absolute atomic E-state index is 0.0930. The molecule has 1 saturated heterocycles. The molecule has 0 saturated carbocycles. The Morgan fingerprint density at radius 1 is 1.03 bits per heavy atom. The molecular weight excluding hydrogens is 408 g/mol. The van der Waals surface area contributed by atoms with Crippen LogP contribution in [-0.4, -0.2) is 30.8 Å². The number of H-pyrrole nitrogens is 1. The minimum Gasteiger partial charge on any atom is -0.872 e. The Morgan fingerprint density at radius 3 is 2.47 bits per heavy atom. The molecule has 3 aromatic rings. The molecule has 1 aliphatic rings. The number of methoxy groups -OCH3 is 2. The number of Topliss-reactive ketones (excluding diaryl/α,β-unsaturated/α-hetero) is 1. The number of ether oxygens (including phenoxy) is 2. The number of benzene rings is 2. The molecule has 1 fully saturated rings. The van der Waals surface area contributed by atoms with Gasteiger partial charge in [0.2, 0.25) is 5.78 Å². The number of nitrogens with one attached hydrogen (secondary N) is 1. The molecule has 1 N–H and O–H groups in total. The topological polar surface area (TPSA) is 93.0 Å². The molecule has 0 bridgehead atoms. The van der Waals surface area contributed by atoms with Crippen LogP contribution in [-0.2, 0) is 16.1 Å². The number of aromatic nitrogens is 1. The lowest BCUT2D eigenvalue weighted by Crippen LogP contribution is -2.29. The zero-order chi connectivity index (χ0) is 22.7. The number of ketones is 1. The van der Waals surface area contributed by atoms with E-state index in [1.54, 1.807) is 67.0 Å². The van der Waals surface area contributed by atoms with Gasteiger partial charge in [0.25, 0.3) is 5.91 Å². The molecule has 0 aliphatic carbocycles. The third-order valence-electron chi connectivity index (χ3n) is 5.43. The highest BCUT2D eigenvalue weighted by atomic mass is 16.5. The first-order valence-electron chi connectivity index (χ1n) is 10.0. The number of rotatable bonds is 6. The normalized spacial score (nSPS) is 17.4. The van der Waals surface area contributed by atoms with Crippen molar-refractivity contribution < 1.29 is 29.2 Å². The Labute approximate surface area is 185 Å². The summed E-state index contributed by atoms with van der Waals surface area (Å²) in [6.45, 7) is 0.146. The Kier molecular flexibility index (Phi) is 5.89. The van der Waals surface area contributed by atoms with E-state index in [1.165, 1.54) is 19.1 Å². The van der Waals surface area contributed by atoms with Crippen LogP contribution in [0, 0.1) is 0 Å². The molecule has 162 valence electrons. The van der Waals surface area contributed by atoms with E-state index >= 15 is 0 Å². The molecule has 4 rings (SSSR count). The first-order valence-corrected chi connectivity index (χ1v) is 10.0. The molecule has 1 aliphatic heterocycles. The predicted octanol–water partition coefficient (Wildman–Crippen LogP) is 1.94. The molecule has 1 atom stereocenters. The first-order chi connectivity index (χ1) is 15.5. The summed E-state index contributed by atoms with van der Waals surface area (Å²) in [6.07, 6.45) is 3.50. The molecule has 2 aromatic carbocycles. The number of pyridine rings is 1. The third kappa shape index (κ3) is 3.80. The van der Waals surface area contributed by atoms with E-state index in [9.17, 15) is 14.7 Å². The molecule has 2 heterocycles. The molecular formula is C25H22N2O5. The largest absolute Gasteiger partial charge is 0.872 e. The van der Waals surface area contributed by atoms with Crippen LogP contribution in [0.2, 0.25) is 0 Å². The monoisotopic (exact) mass is 430 g/mol. The van der Waals surface area contributed by atoms with Gasteiger partial charge in [0.1, 0.15) is 11.5 Å². The van der Waals surface area contributed by atoms with Crippen molar-refractivity contribution in [3.05, 3.63) is 95.3 Å². The summed E-state index contributed by atoms with van der Waals surface area (Å²) in [5, 5.41) is 13.4. The van der Waals surface area contributed by atoms with Crippen molar-refractivity contribution >= 4 is 17.4 Å². The standard InChI is InChI=1S/C25H22N2O5/c1-31-18-10-11-19(20(13-18)32-2)22-21(23(28)17-8-4-3-5-9-17)24(29)25(30)27(22)15-16-7-6-12-26-14-16/h3-14,22,28H,15H2,1-2H3/b23-21+. The number of likely N-dealkylation sites (tertiary alicyclic amines) is 1. The van der Waals surface area contributed by atoms with Gasteiger partial charge in [-0.25, -0.2) is 4.98 Å². The second-order valence-electron chi connectivity index (χ2n) is 7.29. The van der Waals surface area contributed by atoms with E-state index in [0.717, 1.165) is 5.56 Å². The highest BCUT2D eigenvalue weighted by molar-refractivity contribution is 6.46. The fourth-order valence-electron chi connectivity index (χ4n) is 3.87. The lowest BCUT2D eigenvalue weighted by molar-refractivity contribution is -0.378. The van der Waals surface area contributed by atoms with Crippen molar-refractivity contribution in [3.8, 4) is 11.5 Å². The van der Waals surface area contributed by atoms with Crippen molar-refractivity contribution in [3.63, 3.8) is 0 Å². The van der Waals surface area contributed by atoms with E-state index in [4.69, 9.17) is 9.47 Å². The molecule has 1 unspecified atom stereocenters. The van der Waals surface area contributed by atoms with Crippen LogP contribution in [0.3, 0.4) is 0 Å². The van der Waals surface area contributed by atoms with Crippen LogP contribution in [0.4, 0.5) is 0 Å². The minimum atomic E-state index is -0.899. The molecule has 7 heteroatoms. The van der Waals surface area contributed by atoms with Crippen molar-refractivity contribution in [1.82, 2.24) is 4.90 Å². The highest BCUT2D eigenvalue weighted by Gasteiger charge is 2.45. The Balaban J connectivity index is 1.91. The smallest absolute Gasteiger partial charge is 0.295 e. The average Bonchev–Trinajstić information content (AvgIpc) is 3.09. The molecule has 1 amide bonds. The lowest BCUT2D eigenvalue weighted by Gasteiger charge is -2.28. The van der Waals surface area contributed by atoms with Gasteiger partial charge in [0.15, 0.2) is 12.4 Å². The number of hydrogen-bond donors (Lipinski definition) is 0. The lowest BCUT2D eigenvalue weighted by atomic mass is 9.94. The van der Waals surface area contributed by atoms with Gasteiger partial charge in [-0.2, -0.15) is 0 Å². The van der Waals surface area contributed by atoms with Gasteiger partial charge < -0.3 is 19.5 Å². The number of hydrogen-bond acceptors (Lipinski definition) is 5. The Bertz CT molecular complexity index is 1180. The second-order valence-corrected chi connectivity index (χ2v) is 7.29. The van der Waals surface area contributed by atoms with Crippen molar-refractivity contribution in [2.24, 2.45) is 0 Å². The summed E-state index contributed by atoms with van der Waals surface area (Å²) >= 11 is 0. The van der Waals surface area contributed by atoms with E-state index < -0.39 is 23.5 Å². The molecule has 1 aromatic heterocycles. The number of nitrogens with zero attached hydrogens (tertiary/aromatic N) is 1. The average molecular weight is 430 g/mol. The van der Waals surface area contributed by atoms with Gasteiger partial charge in [0, 0.05) is 28.8 Å². The maximum atomic E-state index is 13.4. The SMILES string of the molecule is COc1ccc(C2/C(=C(\[O-])c3ccccc3)C(=O)C(=O)N2Cc2ccc[nH+]c2)c(OC)c1. The summed E-state index contributed by atoms with van der Waals surface area (Å²) in [4.78, 5) is 30.6. The fraction of sp³-hybridized carbons (Fsp3) is 0.160. The summed E-state index contributed by atoms with van der Waals surface area (Å²) in [5.41, 5.74) is 1.58. The number of amides is 1. The molecule has 7 nitrogen and oxygen atoms in total. The maximum absolute atomic E-state index is 13.4. The van der Waals surface area contributed by atoms with Gasteiger partial charge in [-0.05, 0) is 23.8 Å². The number of carbonyl (C=O) groups excluding carboxylic acids is 2. The second kappa shape index (κ2) is 8.93. The van der Waals surface area contributed by atoms with E-state index in [0.29, 0.717) is 22.6 Å². The van der Waals surface area contributed by atoms with E-state index in [2.05, 4.69) is 4.98 Å². The molecule has 32 heavy (non-hydrogen) atoms. The van der Waals surface area contributed by atoms with Crippen LogP contribution in [0.1, 0.15) is 22.7 Å². The maximum Gasteiger partial charge on any atom is 0.295 e. The predicted molar refractivity (Wildman–Crippen MR) is 114 cm³/mol. The van der Waals surface area contributed by atoms with Crippen LogP contribution in [0.5, 0.6) is 11.5 Å². The van der Waals surface area contributed by atoms with Gasteiger partial charge in [-0.15, -0.1) is 0 Å². The number of aromatic amines is 1. The van der Waals surface area contributed by atoms with Crippen LogP contribution >= 0.6 is 0 Å². The Morgan fingerprint density at radius 2 is 1.81 bits per heavy atom. The zero-order valence-corrected chi connectivity index (χ0v) is 17.7. The van der Waals surface area contributed by atoms with E-state index in [-0.39, 0.29) is 12.1 Å².